The number of hydrogen-bond donors (Lipinski definition) is 1. The minimum absolute atomic E-state index is 0.0273. The monoisotopic (exact) mass is 229 g/mol. The van der Waals surface area contributed by atoms with Crippen LogP contribution in [0.15, 0.2) is 24.5 Å². The molecule has 0 saturated carbocycles. The lowest BCUT2D eigenvalue weighted by atomic mass is 10.2. The number of primary amides is 1. The molecule has 0 spiro atoms. The van der Waals surface area contributed by atoms with E-state index >= 15 is 0 Å². The van der Waals surface area contributed by atoms with E-state index in [1.54, 1.807) is 0 Å². The average molecular weight is 229 g/mol. The summed E-state index contributed by atoms with van der Waals surface area (Å²) in [6.07, 6.45) is -3.94. The molecule has 0 unspecified atom stereocenters. The van der Waals surface area contributed by atoms with Crippen molar-refractivity contribution in [1.29, 1.82) is 0 Å². The smallest absolute Gasteiger partial charge is 0.366 e. The third kappa shape index (κ3) is 1.50. The number of para-hydroxylation sites is 1. The van der Waals surface area contributed by atoms with E-state index in [0.29, 0.717) is 6.33 Å². The van der Waals surface area contributed by atoms with Crippen molar-refractivity contribution in [3.8, 4) is 0 Å². The first-order valence-electron chi connectivity index (χ1n) is 4.24. The molecule has 1 heterocycles. The molecule has 0 saturated heterocycles. The molecule has 0 atom stereocenters. The van der Waals surface area contributed by atoms with Gasteiger partial charge in [-0.25, -0.2) is 9.55 Å². The van der Waals surface area contributed by atoms with Crippen molar-refractivity contribution in [1.82, 2.24) is 9.55 Å². The summed E-state index contributed by atoms with van der Waals surface area (Å²) in [5.74, 6) is -0.807. The zero-order valence-electron chi connectivity index (χ0n) is 7.82. The van der Waals surface area contributed by atoms with Gasteiger partial charge in [0, 0.05) is 0 Å². The van der Waals surface area contributed by atoms with E-state index in [1.165, 1.54) is 18.2 Å². The number of amides is 1. The average Bonchev–Trinajstić information content (AvgIpc) is 2.59. The number of benzene rings is 1. The molecule has 0 aliphatic carbocycles. The molecule has 1 amide bonds. The molecule has 0 radical (unpaired) electrons. The molecular weight excluding hydrogens is 223 g/mol. The lowest BCUT2D eigenvalue weighted by Gasteiger charge is -2.07. The quantitative estimate of drug-likeness (QED) is 0.807. The number of alkyl halides is 3. The van der Waals surface area contributed by atoms with Crippen LogP contribution in [0.2, 0.25) is 0 Å². The van der Waals surface area contributed by atoms with Gasteiger partial charge in [-0.1, -0.05) is 6.07 Å². The van der Waals surface area contributed by atoms with Crippen molar-refractivity contribution in [2.24, 2.45) is 5.73 Å². The Morgan fingerprint density at radius 3 is 2.62 bits per heavy atom. The van der Waals surface area contributed by atoms with E-state index in [2.05, 4.69) is 4.98 Å². The van der Waals surface area contributed by atoms with Gasteiger partial charge in [0.2, 0.25) is 0 Å². The van der Waals surface area contributed by atoms with Crippen LogP contribution < -0.4 is 5.73 Å². The summed E-state index contributed by atoms with van der Waals surface area (Å²) in [4.78, 5) is 14.5. The highest BCUT2D eigenvalue weighted by atomic mass is 19.4. The minimum atomic E-state index is -4.56. The van der Waals surface area contributed by atoms with Crippen LogP contribution in [0.4, 0.5) is 13.2 Å². The lowest BCUT2D eigenvalue weighted by molar-refractivity contribution is -0.201. The molecule has 0 fully saturated rings. The van der Waals surface area contributed by atoms with Gasteiger partial charge in [0.15, 0.2) is 0 Å². The minimum Gasteiger partial charge on any atom is -0.366 e. The van der Waals surface area contributed by atoms with Gasteiger partial charge < -0.3 is 5.73 Å². The number of fused-ring (bicyclic) bond motifs is 1. The predicted octanol–water partition coefficient (Wildman–Crippen LogP) is 1.61. The van der Waals surface area contributed by atoms with Gasteiger partial charge in [0.1, 0.15) is 11.8 Å². The molecule has 0 bridgehead atoms. The zero-order chi connectivity index (χ0) is 11.9. The van der Waals surface area contributed by atoms with E-state index < -0.39 is 12.2 Å². The first-order chi connectivity index (χ1) is 7.41. The second-order valence-electron chi connectivity index (χ2n) is 3.12. The standard InChI is InChI=1S/C9H6F3N3O/c10-9(11,12)15-4-14-7-5(8(13)16)2-1-3-6(7)15/h1-4H,(H2,13,16). The Morgan fingerprint density at radius 1 is 1.38 bits per heavy atom. The molecule has 2 N–H and O–H groups in total. The van der Waals surface area contributed by atoms with E-state index in [-0.39, 0.29) is 21.2 Å². The van der Waals surface area contributed by atoms with Crippen LogP contribution in [0.3, 0.4) is 0 Å². The van der Waals surface area contributed by atoms with E-state index in [1.807, 2.05) is 0 Å². The number of nitrogens with two attached hydrogens (primary N) is 1. The van der Waals surface area contributed by atoms with Gasteiger partial charge in [-0.3, -0.25) is 4.79 Å². The number of halogens is 3. The molecule has 16 heavy (non-hydrogen) atoms. The Kier molecular flexibility index (Phi) is 2.11. The number of carbonyl (C=O) groups is 1. The fourth-order valence-corrected chi connectivity index (χ4v) is 1.44. The maximum absolute atomic E-state index is 12.5. The third-order valence-electron chi connectivity index (χ3n) is 2.12. The molecule has 4 nitrogen and oxygen atoms in total. The second-order valence-corrected chi connectivity index (χ2v) is 3.12. The van der Waals surface area contributed by atoms with Crippen molar-refractivity contribution in [3.05, 3.63) is 30.1 Å². The topological polar surface area (TPSA) is 60.9 Å². The van der Waals surface area contributed by atoms with E-state index in [0.717, 1.165) is 0 Å². The summed E-state index contributed by atoms with van der Waals surface area (Å²) >= 11 is 0. The summed E-state index contributed by atoms with van der Waals surface area (Å²) in [6, 6.07) is 3.88. The molecular formula is C9H6F3N3O. The fourth-order valence-electron chi connectivity index (χ4n) is 1.44. The summed E-state index contributed by atoms with van der Waals surface area (Å²) < 4.78 is 37.5. The van der Waals surface area contributed by atoms with Crippen molar-refractivity contribution in [2.45, 2.75) is 6.30 Å². The first-order valence-corrected chi connectivity index (χ1v) is 4.24. The Labute approximate surface area is 87.5 Å². The zero-order valence-corrected chi connectivity index (χ0v) is 7.82. The van der Waals surface area contributed by atoms with E-state index in [4.69, 9.17) is 5.73 Å². The Bertz CT molecular complexity index is 559. The Morgan fingerprint density at radius 2 is 2.06 bits per heavy atom. The van der Waals surface area contributed by atoms with Crippen LogP contribution in [-0.4, -0.2) is 15.5 Å². The highest BCUT2D eigenvalue weighted by molar-refractivity contribution is 6.04. The van der Waals surface area contributed by atoms with Crippen LogP contribution in [-0.2, 0) is 6.30 Å². The summed E-state index contributed by atoms with van der Waals surface area (Å²) in [7, 11) is 0. The lowest BCUT2D eigenvalue weighted by Crippen LogP contribution is -2.15. The number of carbonyl (C=O) groups excluding carboxylic acids is 1. The van der Waals surface area contributed by atoms with Crippen molar-refractivity contribution in [3.63, 3.8) is 0 Å². The Hall–Kier alpha value is -2.05. The maximum Gasteiger partial charge on any atom is 0.490 e. The molecule has 1 aromatic heterocycles. The van der Waals surface area contributed by atoms with Crippen LogP contribution >= 0.6 is 0 Å². The number of hydrogen-bond acceptors (Lipinski definition) is 2. The predicted molar refractivity (Wildman–Crippen MR) is 49.5 cm³/mol. The summed E-state index contributed by atoms with van der Waals surface area (Å²) in [5.41, 5.74) is 4.76. The Balaban J connectivity index is 2.76. The van der Waals surface area contributed by atoms with Gasteiger partial charge in [0.25, 0.3) is 5.91 Å². The number of nitrogens with zero attached hydrogens (tertiary/aromatic N) is 2. The second kappa shape index (κ2) is 3.22. The molecule has 2 aromatic rings. The van der Waals surface area contributed by atoms with Crippen LogP contribution in [0, 0.1) is 0 Å². The molecule has 1 aromatic carbocycles. The van der Waals surface area contributed by atoms with Gasteiger partial charge >= 0.3 is 6.30 Å². The molecule has 0 aliphatic heterocycles. The molecule has 0 aliphatic rings. The van der Waals surface area contributed by atoms with Crippen LogP contribution in [0.1, 0.15) is 10.4 Å². The SMILES string of the molecule is NC(=O)c1cccc2c1ncn2C(F)(F)F. The van der Waals surface area contributed by atoms with Crippen LogP contribution in [0.5, 0.6) is 0 Å². The number of imidazole rings is 1. The van der Waals surface area contributed by atoms with Crippen molar-refractivity contribution < 1.29 is 18.0 Å². The summed E-state index contributed by atoms with van der Waals surface area (Å²) in [5, 5.41) is 0. The highest BCUT2D eigenvalue weighted by Gasteiger charge is 2.32. The van der Waals surface area contributed by atoms with Crippen LogP contribution in [0.25, 0.3) is 11.0 Å². The molecule has 7 heteroatoms. The largest absolute Gasteiger partial charge is 0.490 e. The number of aromatic nitrogens is 2. The van der Waals surface area contributed by atoms with Gasteiger partial charge in [-0.05, 0) is 12.1 Å². The van der Waals surface area contributed by atoms with Gasteiger partial charge in [-0.2, -0.15) is 0 Å². The molecule has 84 valence electrons. The third-order valence-corrected chi connectivity index (χ3v) is 2.12. The normalized spacial score (nSPS) is 11.9. The van der Waals surface area contributed by atoms with Crippen molar-refractivity contribution >= 4 is 16.9 Å². The summed E-state index contributed by atoms with van der Waals surface area (Å²) in [6.45, 7) is 0. The highest BCUT2D eigenvalue weighted by Crippen LogP contribution is 2.28. The molecule has 2 rings (SSSR count). The van der Waals surface area contributed by atoms with Gasteiger partial charge in [0.05, 0.1) is 11.1 Å². The van der Waals surface area contributed by atoms with E-state index in [9.17, 15) is 18.0 Å². The maximum atomic E-state index is 12.5. The first kappa shape index (κ1) is 10.5. The van der Waals surface area contributed by atoms with Crippen molar-refractivity contribution in [2.75, 3.05) is 0 Å². The number of rotatable bonds is 1. The van der Waals surface area contributed by atoms with Gasteiger partial charge in [-0.15, -0.1) is 13.2 Å². The fraction of sp³-hybridized carbons (Fsp3) is 0.111.